The number of ether oxygens (including phenoxy) is 1. The minimum absolute atomic E-state index is 0.0173. The normalized spacial score (nSPS) is 20.8. The molecule has 1 aliphatic heterocycles. The summed E-state index contributed by atoms with van der Waals surface area (Å²) < 4.78 is 32.5. The van der Waals surface area contributed by atoms with Gasteiger partial charge in [-0.15, -0.1) is 0 Å². The summed E-state index contributed by atoms with van der Waals surface area (Å²) >= 11 is 0. The Balaban J connectivity index is 1.96. The maximum atomic E-state index is 12.3. The minimum atomic E-state index is -3.77. The molecule has 2 rings (SSSR count). The summed E-state index contributed by atoms with van der Waals surface area (Å²) in [6, 6.07) is 6.62. The van der Waals surface area contributed by atoms with Gasteiger partial charge in [0, 0.05) is 18.3 Å². The minimum Gasteiger partial charge on any atom is -0.491 e. The topological polar surface area (TPSA) is 102 Å². The molecular formula is C17H27N3O4S. The molecule has 25 heavy (non-hydrogen) atoms. The monoisotopic (exact) mass is 369 g/mol. The van der Waals surface area contributed by atoms with Gasteiger partial charge in [0.25, 0.3) is 0 Å². The molecule has 2 unspecified atom stereocenters. The molecule has 0 saturated carbocycles. The molecule has 1 aromatic carbocycles. The molecule has 8 heteroatoms. The fraction of sp³-hybridized carbons (Fsp3) is 0.588. The zero-order chi connectivity index (χ0) is 18.6. The van der Waals surface area contributed by atoms with E-state index in [4.69, 9.17) is 10.5 Å². The Kier molecular flexibility index (Phi) is 6.29. The number of amides is 1. The van der Waals surface area contributed by atoms with Crippen molar-refractivity contribution in [2.75, 3.05) is 23.6 Å². The van der Waals surface area contributed by atoms with Gasteiger partial charge in [0.1, 0.15) is 11.5 Å². The molecule has 1 fully saturated rings. The molecule has 1 aliphatic rings. The van der Waals surface area contributed by atoms with Gasteiger partial charge in [0.15, 0.2) is 0 Å². The first-order valence-electron chi connectivity index (χ1n) is 8.47. The molecule has 0 radical (unpaired) electrons. The average molecular weight is 369 g/mol. The molecular weight excluding hydrogens is 342 g/mol. The summed E-state index contributed by atoms with van der Waals surface area (Å²) in [4.78, 5) is 14.0. The Bertz CT molecular complexity index is 688. The van der Waals surface area contributed by atoms with Crippen LogP contribution in [0.4, 0.5) is 5.69 Å². The summed E-state index contributed by atoms with van der Waals surface area (Å²) in [7, 11) is -3.77. The molecule has 7 nitrogen and oxygen atoms in total. The van der Waals surface area contributed by atoms with Crippen LogP contribution in [0.1, 0.15) is 27.2 Å². The summed E-state index contributed by atoms with van der Waals surface area (Å²) in [6.45, 7) is 6.77. The van der Waals surface area contributed by atoms with E-state index in [-0.39, 0.29) is 18.1 Å². The van der Waals surface area contributed by atoms with Crippen LogP contribution in [0.15, 0.2) is 24.3 Å². The molecule has 0 spiro atoms. The molecule has 2 atom stereocenters. The lowest BCUT2D eigenvalue weighted by Crippen LogP contribution is -2.39. The highest BCUT2D eigenvalue weighted by atomic mass is 32.2. The quantitative estimate of drug-likeness (QED) is 0.757. The Morgan fingerprint density at radius 3 is 2.52 bits per heavy atom. The zero-order valence-corrected chi connectivity index (χ0v) is 15.8. The summed E-state index contributed by atoms with van der Waals surface area (Å²) in [6.07, 6.45) is 0.854. The number of hydrogen-bond acceptors (Lipinski definition) is 5. The van der Waals surface area contributed by atoms with Gasteiger partial charge < -0.3 is 15.4 Å². The predicted molar refractivity (Wildman–Crippen MR) is 98.0 cm³/mol. The van der Waals surface area contributed by atoms with Crippen molar-refractivity contribution in [3.05, 3.63) is 24.3 Å². The number of rotatable bonds is 7. The third kappa shape index (κ3) is 5.61. The number of anilines is 1. The molecule has 0 aromatic heterocycles. The number of likely N-dealkylation sites (tertiary alicyclic amines) is 1. The van der Waals surface area contributed by atoms with Crippen LogP contribution in [0.25, 0.3) is 0 Å². The van der Waals surface area contributed by atoms with E-state index in [1.807, 2.05) is 20.8 Å². The predicted octanol–water partition coefficient (Wildman–Crippen LogP) is 1.41. The van der Waals surface area contributed by atoms with Crippen molar-refractivity contribution in [3.8, 4) is 5.75 Å². The Morgan fingerprint density at radius 1 is 1.36 bits per heavy atom. The van der Waals surface area contributed by atoms with Crippen LogP contribution >= 0.6 is 0 Å². The van der Waals surface area contributed by atoms with E-state index in [1.165, 1.54) is 0 Å². The second kappa shape index (κ2) is 8.05. The van der Waals surface area contributed by atoms with Crippen molar-refractivity contribution < 1.29 is 17.9 Å². The van der Waals surface area contributed by atoms with Gasteiger partial charge in [-0.2, -0.15) is 0 Å². The highest BCUT2D eigenvalue weighted by Gasteiger charge is 2.33. The Hall–Kier alpha value is -1.80. The molecule has 1 heterocycles. The lowest BCUT2D eigenvalue weighted by atomic mass is 10.1. The third-order valence-corrected chi connectivity index (χ3v) is 5.30. The van der Waals surface area contributed by atoms with E-state index < -0.39 is 21.7 Å². The van der Waals surface area contributed by atoms with Gasteiger partial charge in [-0.05, 0) is 63.9 Å². The van der Waals surface area contributed by atoms with Gasteiger partial charge in [0.05, 0.1) is 6.10 Å². The first-order chi connectivity index (χ1) is 11.7. The van der Waals surface area contributed by atoms with Crippen LogP contribution in [0.5, 0.6) is 5.75 Å². The zero-order valence-electron chi connectivity index (χ0n) is 14.9. The number of carbonyl (C=O) groups is 1. The van der Waals surface area contributed by atoms with Crippen molar-refractivity contribution in [3.63, 3.8) is 0 Å². The van der Waals surface area contributed by atoms with Crippen LogP contribution in [0.2, 0.25) is 0 Å². The van der Waals surface area contributed by atoms with Crippen LogP contribution in [-0.4, -0.2) is 50.2 Å². The van der Waals surface area contributed by atoms with E-state index in [9.17, 15) is 13.2 Å². The number of sulfonamides is 1. The largest absolute Gasteiger partial charge is 0.491 e. The number of nitrogens with zero attached hydrogens (tertiary/aromatic N) is 1. The van der Waals surface area contributed by atoms with Crippen LogP contribution < -0.4 is 15.2 Å². The van der Waals surface area contributed by atoms with Gasteiger partial charge in [-0.25, -0.2) is 8.42 Å². The number of nitrogens with one attached hydrogen (secondary N) is 1. The Labute approximate surface area is 149 Å². The fourth-order valence-corrected chi connectivity index (χ4v) is 4.05. The molecule has 3 N–H and O–H groups in total. The summed E-state index contributed by atoms with van der Waals surface area (Å²) in [5.74, 6) is -0.0645. The van der Waals surface area contributed by atoms with E-state index in [0.29, 0.717) is 24.5 Å². The SMILES string of the molecule is CC(C)Oc1ccc(NS(=O)(=O)CC(=O)N2CC(CN)CC2C)cc1. The average Bonchev–Trinajstić information content (AvgIpc) is 2.89. The van der Waals surface area contributed by atoms with Gasteiger partial charge >= 0.3 is 0 Å². The Morgan fingerprint density at radius 2 is 2.00 bits per heavy atom. The molecule has 1 aromatic rings. The molecule has 1 saturated heterocycles. The lowest BCUT2D eigenvalue weighted by Gasteiger charge is -2.21. The highest BCUT2D eigenvalue weighted by Crippen LogP contribution is 2.23. The lowest BCUT2D eigenvalue weighted by molar-refractivity contribution is -0.129. The van der Waals surface area contributed by atoms with E-state index in [2.05, 4.69) is 4.72 Å². The third-order valence-electron chi connectivity index (χ3n) is 4.13. The molecule has 0 bridgehead atoms. The van der Waals surface area contributed by atoms with Crippen molar-refractivity contribution >= 4 is 21.6 Å². The number of carbonyl (C=O) groups excluding carboxylic acids is 1. The number of hydrogen-bond donors (Lipinski definition) is 2. The highest BCUT2D eigenvalue weighted by molar-refractivity contribution is 7.93. The first-order valence-corrected chi connectivity index (χ1v) is 10.1. The molecule has 0 aliphatic carbocycles. The van der Waals surface area contributed by atoms with E-state index in [1.54, 1.807) is 29.2 Å². The van der Waals surface area contributed by atoms with E-state index in [0.717, 1.165) is 6.42 Å². The summed E-state index contributed by atoms with van der Waals surface area (Å²) in [5, 5.41) is 0. The number of benzene rings is 1. The van der Waals surface area contributed by atoms with Gasteiger partial charge in [-0.3, -0.25) is 9.52 Å². The second-order valence-electron chi connectivity index (χ2n) is 6.78. The van der Waals surface area contributed by atoms with Crippen molar-refractivity contribution in [2.24, 2.45) is 11.7 Å². The first kappa shape index (κ1) is 19.5. The van der Waals surface area contributed by atoms with Gasteiger partial charge in [0.2, 0.25) is 15.9 Å². The number of nitrogens with two attached hydrogens (primary N) is 1. The maximum absolute atomic E-state index is 12.3. The summed E-state index contributed by atoms with van der Waals surface area (Å²) in [5.41, 5.74) is 6.05. The van der Waals surface area contributed by atoms with Crippen LogP contribution in [0, 0.1) is 5.92 Å². The fourth-order valence-electron chi connectivity index (χ4n) is 3.00. The smallest absolute Gasteiger partial charge is 0.241 e. The second-order valence-corrected chi connectivity index (χ2v) is 8.51. The van der Waals surface area contributed by atoms with Crippen molar-refractivity contribution in [2.45, 2.75) is 39.3 Å². The van der Waals surface area contributed by atoms with Gasteiger partial charge in [-0.1, -0.05) is 0 Å². The van der Waals surface area contributed by atoms with Crippen molar-refractivity contribution in [1.29, 1.82) is 0 Å². The standard InChI is InChI=1S/C17H27N3O4S/c1-12(2)24-16-6-4-15(5-7-16)19-25(22,23)11-17(21)20-10-14(9-18)8-13(20)3/h4-7,12-14,19H,8-11,18H2,1-3H3. The van der Waals surface area contributed by atoms with Crippen LogP contribution in [-0.2, 0) is 14.8 Å². The van der Waals surface area contributed by atoms with E-state index >= 15 is 0 Å². The molecule has 1 amide bonds. The maximum Gasteiger partial charge on any atom is 0.241 e. The van der Waals surface area contributed by atoms with Crippen molar-refractivity contribution in [1.82, 2.24) is 4.90 Å². The van der Waals surface area contributed by atoms with Crippen LogP contribution in [0.3, 0.4) is 0 Å². The molecule has 140 valence electrons.